The van der Waals surface area contributed by atoms with E-state index >= 15 is 0 Å². The molecule has 5 heterocycles. The lowest BCUT2D eigenvalue weighted by atomic mass is 10.3. The van der Waals surface area contributed by atoms with E-state index in [9.17, 15) is 0 Å². The summed E-state index contributed by atoms with van der Waals surface area (Å²) in [5.41, 5.74) is 1.86. The SMILES string of the molecule is Cc1ccc(-c2ccc(-c3cnc(-c4ccc(-c5ccc(C)s5)s4)cn3)s2)s1. The van der Waals surface area contributed by atoms with Crippen molar-refractivity contribution < 1.29 is 0 Å². The molecular weight excluding hydrogens is 421 g/mol. The largest absolute Gasteiger partial charge is 0.251 e. The number of aromatic nitrogens is 2. The van der Waals surface area contributed by atoms with Gasteiger partial charge in [-0.3, -0.25) is 9.97 Å². The Morgan fingerprint density at radius 2 is 0.821 bits per heavy atom. The van der Waals surface area contributed by atoms with Gasteiger partial charge >= 0.3 is 0 Å². The molecule has 138 valence electrons. The predicted octanol–water partition coefficient (Wildman–Crippen LogP) is 8.01. The molecular formula is C22H16N2S4. The average molecular weight is 437 g/mol. The Labute approximate surface area is 179 Å². The highest BCUT2D eigenvalue weighted by molar-refractivity contribution is 7.24. The van der Waals surface area contributed by atoms with Crippen molar-refractivity contribution >= 4 is 45.3 Å². The fourth-order valence-corrected chi connectivity index (χ4v) is 6.78. The quantitative estimate of drug-likeness (QED) is 0.285. The van der Waals surface area contributed by atoms with Crippen molar-refractivity contribution in [3.05, 3.63) is 70.7 Å². The minimum atomic E-state index is 0.930. The lowest BCUT2D eigenvalue weighted by molar-refractivity contribution is 1.22. The summed E-state index contributed by atoms with van der Waals surface area (Å²) in [6.07, 6.45) is 3.78. The van der Waals surface area contributed by atoms with E-state index in [1.807, 2.05) is 35.1 Å². The van der Waals surface area contributed by atoms with Crippen LogP contribution in [-0.2, 0) is 0 Å². The topological polar surface area (TPSA) is 25.8 Å². The molecule has 5 rings (SSSR count). The maximum Gasteiger partial charge on any atom is 0.0985 e. The molecule has 0 bridgehead atoms. The highest BCUT2D eigenvalue weighted by Gasteiger charge is 2.11. The molecule has 0 aromatic carbocycles. The maximum atomic E-state index is 4.68. The molecule has 0 spiro atoms. The summed E-state index contributed by atoms with van der Waals surface area (Å²) >= 11 is 7.19. The van der Waals surface area contributed by atoms with Crippen LogP contribution >= 0.6 is 45.3 Å². The van der Waals surface area contributed by atoms with Gasteiger partial charge in [0.2, 0.25) is 0 Å². The highest BCUT2D eigenvalue weighted by atomic mass is 32.1. The van der Waals surface area contributed by atoms with Gasteiger partial charge in [-0.2, -0.15) is 0 Å². The normalized spacial score (nSPS) is 11.2. The first-order valence-corrected chi connectivity index (χ1v) is 12.1. The van der Waals surface area contributed by atoms with Crippen molar-refractivity contribution in [2.45, 2.75) is 13.8 Å². The molecule has 0 saturated carbocycles. The zero-order chi connectivity index (χ0) is 19.1. The molecule has 0 unspecified atom stereocenters. The summed E-state index contributed by atoms with van der Waals surface area (Å²) < 4.78 is 0. The van der Waals surface area contributed by atoms with Crippen molar-refractivity contribution in [3.63, 3.8) is 0 Å². The second-order valence-corrected chi connectivity index (χ2v) is 11.2. The first-order valence-electron chi connectivity index (χ1n) is 8.82. The smallest absolute Gasteiger partial charge is 0.0985 e. The fourth-order valence-electron chi connectivity index (χ4n) is 2.93. The first kappa shape index (κ1) is 17.9. The van der Waals surface area contributed by atoms with E-state index in [4.69, 9.17) is 0 Å². The first-order chi connectivity index (χ1) is 13.7. The van der Waals surface area contributed by atoms with Crippen LogP contribution < -0.4 is 0 Å². The summed E-state index contributed by atoms with van der Waals surface area (Å²) in [5.74, 6) is 0. The Morgan fingerprint density at radius 1 is 0.464 bits per heavy atom. The van der Waals surface area contributed by atoms with Crippen LogP contribution in [0, 0.1) is 13.8 Å². The lowest BCUT2D eigenvalue weighted by Crippen LogP contribution is -1.85. The molecule has 0 amide bonds. The molecule has 6 heteroatoms. The Bertz CT molecular complexity index is 1140. The Hall–Kier alpha value is -2.12. The van der Waals surface area contributed by atoms with Crippen molar-refractivity contribution in [1.82, 2.24) is 9.97 Å². The van der Waals surface area contributed by atoms with E-state index in [1.54, 1.807) is 22.7 Å². The summed E-state index contributed by atoms with van der Waals surface area (Å²) in [5, 5.41) is 0. The number of thiophene rings is 4. The van der Waals surface area contributed by atoms with Gasteiger partial charge in [0, 0.05) is 29.3 Å². The second kappa shape index (κ2) is 7.37. The van der Waals surface area contributed by atoms with Gasteiger partial charge in [0.25, 0.3) is 0 Å². The van der Waals surface area contributed by atoms with Crippen molar-refractivity contribution in [2.24, 2.45) is 0 Å². The molecule has 0 saturated heterocycles. The van der Waals surface area contributed by atoms with Crippen LogP contribution in [0.15, 0.2) is 60.9 Å². The third-order valence-corrected chi connectivity index (χ3v) is 8.94. The fraction of sp³-hybridized carbons (Fsp3) is 0.0909. The molecule has 0 aliphatic heterocycles. The molecule has 0 aliphatic rings. The van der Waals surface area contributed by atoms with Gasteiger partial charge in [0.1, 0.15) is 0 Å². The van der Waals surface area contributed by atoms with Gasteiger partial charge in [-0.05, 0) is 62.4 Å². The number of rotatable bonds is 4. The predicted molar refractivity (Wildman–Crippen MR) is 125 cm³/mol. The zero-order valence-electron chi connectivity index (χ0n) is 15.3. The molecule has 28 heavy (non-hydrogen) atoms. The van der Waals surface area contributed by atoms with Crippen LogP contribution in [0.5, 0.6) is 0 Å². The van der Waals surface area contributed by atoms with Gasteiger partial charge in [-0.15, -0.1) is 45.3 Å². The summed E-state index contributed by atoms with van der Waals surface area (Å²) in [7, 11) is 0. The molecule has 5 aromatic rings. The third kappa shape index (κ3) is 3.49. The highest BCUT2D eigenvalue weighted by Crippen LogP contribution is 2.39. The van der Waals surface area contributed by atoms with Gasteiger partial charge in [-0.25, -0.2) is 0 Å². The third-order valence-electron chi connectivity index (χ3n) is 4.34. The van der Waals surface area contributed by atoms with Crippen LogP contribution in [0.3, 0.4) is 0 Å². The van der Waals surface area contributed by atoms with Crippen molar-refractivity contribution in [1.29, 1.82) is 0 Å². The number of hydrogen-bond donors (Lipinski definition) is 0. The average Bonchev–Trinajstić information content (AvgIpc) is 3.48. The van der Waals surface area contributed by atoms with Crippen LogP contribution in [0.4, 0.5) is 0 Å². The lowest BCUT2D eigenvalue weighted by Gasteiger charge is -1.99. The second-order valence-electron chi connectivity index (χ2n) is 6.44. The van der Waals surface area contributed by atoms with Crippen LogP contribution in [0.25, 0.3) is 40.7 Å². The standard InChI is InChI=1S/C22H16N2S4/c1-13-3-5-19(25-13)21-9-7-17(27-21)15-11-24-16(12-23-15)18-8-10-22(28-18)20-6-4-14(2)26-20/h3-12H,1-2H3. The Morgan fingerprint density at radius 3 is 1.18 bits per heavy atom. The molecule has 0 aliphatic carbocycles. The van der Waals surface area contributed by atoms with Crippen LogP contribution in [-0.4, -0.2) is 9.97 Å². The van der Waals surface area contributed by atoms with E-state index in [0.29, 0.717) is 0 Å². The summed E-state index contributed by atoms with van der Waals surface area (Å²) in [6.45, 7) is 4.28. The minimum absolute atomic E-state index is 0.930. The van der Waals surface area contributed by atoms with Gasteiger partial charge in [-0.1, -0.05) is 0 Å². The number of hydrogen-bond acceptors (Lipinski definition) is 6. The Kier molecular flexibility index (Phi) is 4.72. The zero-order valence-corrected chi connectivity index (χ0v) is 18.6. The van der Waals surface area contributed by atoms with E-state index < -0.39 is 0 Å². The molecule has 0 N–H and O–H groups in total. The van der Waals surface area contributed by atoms with Crippen LogP contribution in [0.2, 0.25) is 0 Å². The molecule has 0 radical (unpaired) electrons. The molecule has 0 fully saturated rings. The monoisotopic (exact) mass is 436 g/mol. The van der Waals surface area contributed by atoms with Crippen molar-refractivity contribution in [2.75, 3.05) is 0 Å². The molecule has 0 atom stereocenters. The van der Waals surface area contributed by atoms with Gasteiger partial charge in [0.05, 0.1) is 33.5 Å². The van der Waals surface area contributed by atoms with Gasteiger partial charge in [0.15, 0.2) is 0 Å². The van der Waals surface area contributed by atoms with Crippen molar-refractivity contribution in [3.8, 4) is 40.7 Å². The Balaban J connectivity index is 1.39. The number of nitrogens with zero attached hydrogens (tertiary/aromatic N) is 2. The minimum Gasteiger partial charge on any atom is -0.251 e. The molecule has 5 aromatic heterocycles. The van der Waals surface area contributed by atoms with E-state index in [-0.39, 0.29) is 0 Å². The number of aryl methyl sites for hydroxylation is 2. The van der Waals surface area contributed by atoms with E-state index in [2.05, 4.69) is 72.3 Å². The molecule has 2 nitrogen and oxygen atoms in total. The summed E-state index contributed by atoms with van der Waals surface area (Å²) in [6, 6.07) is 17.3. The van der Waals surface area contributed by atoms with Crippen LogP contribution in [0.1, 0.15) is 9.75 Å². The van der Waals surface area contributed by atoms with Gasteiger partial charge < -0.3 is 0 Å². The van der Waals surface area contributed by atoms with E-state index in [0.717, 1.165) is 21.1 Å². The maximum absolute atomic E-state index is 4.68. The van der Waals surface area contributed by atoms with E-state index in [1.165, 1.54) is 29.3 Å². The summed E-state index contributed by atoms with van der Waals surface area (Å²) in [4.78, 5) is 19.5.